The zero-order chi connectivity index (χ0) is 14.7. The van der Waals surface area contributed by atoms with Crippen molar-refractivity contribution in [1.82, 2.24) is 24.8 Å². The van der Waals surface area contributed by atoms with Crippen LogP contribution in [0.15, 0.2) is 23.2 Å². The molecule has 0 aromatic carbocycles. The molecule has 0 radical (unpaired) electrons. The zero-order valence-corrected chi connectivity index (χ0v) is 11.8. The van der Waals surface area contributed by atoms with Gasteiger partial charge >= 0.3 is 0 Å². The smallest absolute Gasteiger partial charge is 0.272 e. The largest absolute Gasteiger partial charge is 0.370 e. The van der Waals surface area contributed by atoms with E-state index in [1.807, 2.05) is 4.90 Å². The fourth-order valence-corrected chi connectivity index (χ4v) is 2.42. The first-order chi connectivity index (χ1) is 10.2. The van der Waals surface area contributed by atoms with Gasteiger partial charge in [-0.25, -0.2) is 0 Å². The SMILES string of the molecule is Cn1nccc1C(=O)N1CCC(OCc2ncon2)CC1. The van der Waals surface area contributed by atoms with Gasteiger partial charge in [0.05, 0.1) is 6.10 Å². The Kier molecular flexibility index (Phi) is 3.96. The molecule has 0 unspecified atom stereocenters. The van der Waals surface area contributed by atoms with Crippen LogP contribution in [0.4, 0.5) is 0 Å². The predicted octanol–water partition coefficient (Wildman–Crippen LogP) is 0.624. The molecule has 0 atom stereocenters. The third-order valence-corrected chi connectivity index (χ3v) is 3.62. The Hall–Kier alpha value is -2.22. The van der Waals surface area contributed by atoms with Crippen molar-refractivity contribution in [1.29, 1.82) is 0 Å². The standard InChI is InChI=1S/C13H17N5O3/c1-17-11(2-5-15-17)13(19)18-6-3-10(4-7-18)20-8-12-14-9-21-16-12/h2,5,9-10H,3-4,6-8H2,1H3. The lowest BCUT2D eigenvalue weighted by Crippen LogP contribution is -2.41. The molecule has 1 saturated heterocycles. The molecule has 1 amide bonds. The lowest BCUT2D eigenvalue weighted by Gasteiger charge is -2.31. The lowest BCUT2D eigenvalue weighted by atomic mass is 10.1. The highest BCUT2D eigenvalue weighted by molar-refractivity contribution is 5.92. The van der Waals surface area contributed by atoms with Gasteiger partial charge in [-0.15, -0.1) is 0 Å². The Morgan fingerprint density at radius 2 is 2.29 bits per heavy atom. The van der Waals surface area contributed by atoms with Gasteiger partial charge in [0.1, 0.15) is 12.3 Å². The van der Waals surface area contributed by atoms with Gasteiger partial charge in [-0.3, -0.25) is 9.48 Å². The molecule has 0 saturated carbocycles. The molecule has 8 nitrogen and oxygen atoms in total. The number of nitrogens with zero attached hydrogens (tertiary/aromatic N) is 5. The summed E-state index contributed by atoms with van der Waals surface area (Å²) in [6, 6.07) is 1.74. The second-order valence-electron chi connectivity index (χ2n) is 4.99. The van der Waals surface area contributed by atoms with Crippen LogP contribution in [0.1, 0.15) is 29.2 Å². The van der Waals surface area contributed by atoms with Crippen LogP contribution in [0.2, 0.25) is 0 Å². The predicted molar refractivity (Wildman–Crippen MR) is 71.2 cm³/mol. The molecule has 3 heterocycles. The quantitative estimate of drug-likeness (QED) is 0.821. The van der Waals surface area contributed by atoms with Crippen LogP contribution < -0.4 is 0 Å². The number of carbonyl (C=O) groups is 1. The number of hydrogen-bond acceptors (Lipinski definition) is 6. The second kappa shape index (κ2) is 6.04. The zero-order valence-electron chi connectivity index (χ0n) is 11.8. The Morgan fingerprint density at radius 3 is 2.90 bits per heavy atom. The van der Waals surface area contributed by atoms with E-state index in [-0.39, 0.29) is 12.0 Å². The summed E-state index contributed by atoms with van der Waals surface area (Å²) < 4.78 is 12.0. The molecular weight excluding hydrogens is 274 g/mol. The van der Waals surface area contributed by atoms with Crippen LogP contribution in [0.5, 0.6) is 0 Å². The van der Waals surface area contributed by atoms with Crippen molar-refractivity contribution in [2.45, 2.75) is 25.6 Å². The van der Waals surface area contributed by atoms with E-state index in [0.717, 1.165) is 12.8 Å². The van der Waals surface area contributed by atoms with Crippen molar-refractivity contribution in [3.8, 4) is 0 Å². The van der Waals surface area contributed by atoms with E-state index in [1.54, 1.807) is 24.0 Å². The normalized spacial score (nSPS) is 16.3. The van der Waals surface area contributed by atoms with Crippen molar-refractivity contribution in [3.05, 3.63) is 30.2 Å². The van der Waals surface area contributed by atoms with E-state index in [0.29, 0.717) is 31.2 Å². The molecule has 21 heavy (non-hydrogen) atoms. The van der Waals surface area contributed by atoms with Gasteiger partial charge in [-0.1, -0.05) is 5.16 Å². The van der Waals surface area contributed by atoms with Crippen LogP contribution in [-0.2, 0) is 18.4 Å². The van der Waals surface area contributed by atoms with Crippen LogP contribution in [0.25, 0.3) is 0 Å². The summed E-state index contributed by atoms with van der Waals surface area (Å²) in [5.74, 6) is 0.565. The van der Waals surface area contributed by atoms with Crippen molar-refractivity contribution in [2.75, 3.05) is 13.1 Å². The molecule has 2 aromatic heterocycles. The average Bonchev–Trinajstić information content (AvgIpc) is 3.16. The number of ether oxygens (including phenoxy) is 1. The van der Waals surface area contributed by atoms with Crippen molar-refractivity contribution < 1.29 is 14.1 Å². The summed E-state index contributed by atoms with van der Waals surface area (Å²) in [5, 5.41) is 7.73. The third kappa shape index (κ3) is 3.10. The maximum atomic E-state index is 12.3. The van der Waals surface area contributed by atoms with Crippen LogP contribution in [-0.4, -0.2) is 49.9 Å². The number of likely N-dealkylation sites (tertiary alicyclic amines) is 1. The molecule has 0 bridgehead atoms. The Morgan fingerprint density at radius 1 is 1.48 bits per heavy atom. The van der Waals surface area contributed by atoms with E-state index in [9.17, 15) is 4.79 Å². The molecule has 1 aliphatic rings. The van der Waals surface area contributed by atoms with Crippen LogP contribution >= 0.6 is 0 Å². The molecule has 1 fully saturated rings. The van der Waals surface area contributed by atoms with E-state index in [1.165, 1.54) is 6.39 Å². The van der Waals surface area contributed by atoms with Gasteiger partial charge in [0.15, 0.2) is 5.82 Å². The molecule has 0 spiro atoms. The van der Waals surface area contributed by atoms with E-state index < -0.39 is 0 Å². The fraction of sp³-hybridized carbons (Fsp3) is 0.538. The van der Waals surface area contributed by atoms with E-state index in [2.05, 4.69) is 19.8 Å². The maximum absolute atomic E-state index is 12.3. The van der Waals surface area contributed by atoms with Gasteiger partial charge in [0, 0.05) is 26.3 Å². The molecule has 0 aliphatic carbocycles. The first-order valence-corrected chi connectivity index (χ1v) is 6.88. The minimum atomic E-state index is 0.0200. The number of rotatable bonds is 4. The molecule has 2 aromatic rings. The van der Waals surface area contributed by atoms with Crippen LogP contribution in [0, 0.1) is 0 Å². The number of aromatic nitrogens is 4. The Bertz CT molecular complexity index is 587. The Labute approximate surface area is 121 Å². The van der Waals surface area contributed by atoms with Crippen LogP contribution in [0.3, 0.4) is 0 Å². The van der Waals surface area contributed by atoms with Gasteiger partial charge in [0.2, 0.25) is 6.39 Å². The third-order valence-electron chi connectivity index (χ3n) is 3.62. The number of amides is 1. The van der Waals surface area contributed by atoms with Crippen molar-refractivity contribution >= 4 is 5.91 Å². The van der Waals surface area contributed by atoms with E-state index >= 15 is 0 Å². The molecule has 8 heteroatoms. The number of piperidine rings is 1. The van der Waals surface area contributed by atoms with Crippen molar-refractivity contribution in [3.63, 3.8) is 0 Å². The molecule has 3 rings (SSSR count). The summed E-state index contributed by atoms with van der Waals surface area (Å²) in [6.07, 6.45) is 4.66. The summed E-state index contributed by atoms with van der Waals surface area (Å²) in [7, 11) is 1.77. The molecule has 0 N–H and O–H groups in total. The highest BCUT2D eigenvalue weighted by Crippen LogP contribution is 2.17. The van der Waals surface area contributed by atoms with Crippen molar-refractivity contribution in [2.24, 2.45) is 7.05 Å². The number of carbonyl (C=O) groups excluding carboxylic acids is 1. The Balaban J connectivity index is 1.49. The lowest BCUT2D eigenvalue weighted by molar-refractivity contribution is -0.00371. The van der Waals surface area contributed by atoms with Gasteiger partial charge < -0.3 is 14.2 Å². The first kappa shape index (κ1) is 13.7. The number of hydrogen-bond donors (Lipinski definition) is 0. The summed E-state index contributed by atoms with van der Waals surface area (Å²) in [4.78, 5) is 18.1. The maximum Gasteiger partial charge on any atom is 0.272 e. The van der Waals surface area contributed by atoms with Gasteiger partial charge in [-0.05, 0) is 18.9 Å². The van der Waals surface area contributed by atoms with E-state index in [4.69, 9.17) is 4.74 Å². The average molecular weight is 291 g/mol. The fourth-order valence-electron chi connectivity index (χ4n) is 2.42. The minimum absolute atomic E-state index is 0.0200. The highest BCUT2D eigenvalue weighted by Gasteiger charge is 2.25. The highest BCUT2D eigenvalue weighted by atomic mass is 16.5. The topological polar surface area (TPSA) is 86.3 Å². The van der Waals surface area contributed by atoms with Gasteiger partial charge in [0.25, 0.3) is 5.91 Å². The number of aryl methyl sites for hydroxylation is 1. The first-order valence-electron chi connectivity index (χ1n) is 6.88. The molecule has 1 aliphatic heterocycles. The summed E-state index contributed by atoms with van der Waals surface area (Å²) >= 11 is 0. The minimum Gasteiger partial charge on any atom is -0.370 e. The van der Waals surface area contributed by atoms with Gasteiger partial charge in [-0.2, -0.15) is 10.1 Å². The molecular formula is C13H17N5O3. The monoisotopic (exact) mass is 291 g/mol. The molecule has 112 valence electrons. The summed E-state index contributed by atoms with van der Waals surface area (Å²) in [6.45, 7) is 1.71. The summed E-state index contributed by atoms with van der Waals surface area (Å²) in [5.41, 5.74) is 0.612. The second-order valence-corrected chi connectivity index (χ2v) is 4.99.